The van der Waals surface area contributed by atoms with Gasteiger partial charge in [0.1, 0.15) is 0 Å². The summed E-state index contributed by atoms with van der Waals surface area (Å²) in [4.78, 5) is 32.7. The summed E-state index contributed by atoms with van der Waals surface area (Å²) in [5, 5.41) is 0. The van der Waals surface area contributed by atoms with E-state index >= 15 is 0 Å². The van der Waals surface area contributed by atoms with Crippen molar-refractivity contribution in [3.63, 3.8) is 0 Å². The lowest BCUT2D eigenvalue weighted by Crippen LogP contribution is -2.49. The molecule has 3 aliphatic rings. The fourth-order valence-corrected chi connectivity index (χ4v) is 6.17. The summed E-state index contributed by atoms with van der Waals surface area (Å²) in [5.41, 5.74) is 6.28. The van der Waals surface area contributed by atoms with Crippen LogP contribution in [-0.4, -0.2) is 65.3 Å². The standard InChI is InChI=1S/C32H35N3O2.C2H6/c36-31(34-17-4-5-18-34)26-10-8-25(9-11-26)27-12-13-30-28(22-27)14-21-35(32(30)37)29-15-19-33(20-16-29)23-24-6-2-1-3-7-24;1-2/h1-3,6-13,22,29H,4-5,14-21,23H2;1-2H3. The molecule has 0 radical (unpaired) electrons. The third kappa shape index (κ3) is 6.09. The summed E-state index contributed by atoms with van der Waals surface area (Å²) >= 11 is 0. The summed E-state index contributed by atoms with van der Waals surface area (Å²) in [6, 6.07) is 25.1. The van der Waals surface area contributed by atoms with Crippen molar-refractivity contribution in [2.75, 3.05) is 32.7 Å². The maximum absolute atomic E-state index is 13.5. The third-order valence-electron chi connectivity index (χ3n) is 8.32. The van der Waals surface area contributed by atoms with Crippen LogP contribution in [0, 0.1) is 0 Å². The molecule has 2 saturated heterocycles. The van der Waals surface area contributed by atoms with Gasteiger partial charge >= 0.3 is 0 Å². The average Bonchev–Trinajstić information content (AvgIpc) is 3.54. The van der Waals surface area contributed by atoms with E-state index in [9.17, 15) is 9.59 Å². The summed E-state index contributed by atoms with van der Waals surface area (Å²) in [6.07, 6.45) is 5.17. The molecule has 3 aliphatic heterocycles. The van der Waals surface area contributed by atoms with Crippen LogP contribution in [-0.2, 0) is 13.0 Å². The zero-order chi connectivity index (χ0) is 27.2. The number of carbonyl (C=O) groups excluding carboxylic acids is 2. The van der Waals surface area contributed by atoms with E-state index in [0.717, 1.165) is 99.2 Å². The number of piperidine rings is 1. The quantitative estimate of drug-likeness (QED) is 0.395. The Hall–Kier alpha value is -3.44. The molecule has 2 amide bonds. The van der Waals surface area contributed by atoms with Gasteiger partial charge < -0.3 is 9.80 Å². The number of hydrogen-bond acceptors (Lipinski definition) is 3. The molecule has 0 atom stereocenters. The molecule has 0 spiro atoms. The Balaban J connectivity index is 0.00000151. The Kier molecular flexibility index (Phi) is 8.77. The fraction of sp³-hybridized carbons (Fsp3) is 0.412. The Bertz CT molecular complexity index is 1260. The molecule has 5 nitrogen and oxygen atoms in total. The predicted octanol–water partition coefficient (Wildman–Crippen LogP) is 6.28. The highest BCUT2D eigenvalue weighted by atomic mass is 16.2. The van der Waals surface area contributed by atoms with Crippen molar-refractivity contribution in [1.29, 1.82) is 0 Å². The Morgan fingerprint density at radius 3 is 2.15 bits per heavy atom. The number of carbonyl (C=O) groups is 2. The van der Waals surface area contributed by atoms with Gasteiger partial charge in [-0.2, -0.15) is 0 Å². The van der Waals surface area contributed by atoms with Crippen molar-refractivity contribution in [2.24, 2.45) is 0 Å². The van der Waals surface area contributed by atoms with E-state index in [1.54, 1.807) is 0 Å². The van der Waals surface area contributed by atoms with E-state index in [2.05, 4.69) is 52.3 Å². The maximum atomic E-state index is 13.5. The van der Waals surface area contributed by atoms with Crippen LogP contribution in [0.3, 0.4) is 0 Å². The summed E-state index contributed by atoms with van der Waals surface area (Å²) < 4.78 is 0. The van der Waals surface area contributed by atoms with Gasteiger partial charge in [0.05, 0.1) is 0 Å². The number of hydrogen-bond donors (Lipinski definition) is 0. The number of nitrogens with zero attached hydrogens (tertiary/aromatic N) is 3. The Labute approximate surface area is 233 Å². The maximum Gasteiger partial charge on any atom is 0.254 e. The van der Waals surface area contributed by atoms with Crippen molar-refractivity contribution in [3.05, 3.63) is 95.1 Å². The van der Waals surface area contributed by atoms with Gasteiger partial charge in [0.15, 0.2) is 0 Å². The minimum atomic E-state index is 0.131. The molecule has 39 heavy (non-hydrogen) atoms. The first-order valence-electron chi connectivity index (χ1n) is 14.8. The molecule has 2 fully saturated rings. The second kappa shape index (κ2) is 12.6. The number of amides is 2. The molecule has 0 N–H and O–H groups in total. The van der Waals surface area contributed by atoms with E-state index in [0.29, 0.717) is 6.04 Å². The first kappa shape index (κ1) is 27.1. The number of benzene rings is 3. The third-order valence-corrected chi connectivity index (χ3v) is 8.32. The molecule has 204 valence electrons. The van der Waals surface area contributed by atoms with Crippen LogP contribution in [0.5, 0.6) is 0 Å². The lowest BCUT2D eigenvalue weighted by molar-refractivity contribution is 0.0546. The van der Waals surface area contributed by atoms with Gasteiger partial charge in [-0.1, -0.05) is 68.4 Å². The lowest BCUT2D eigenvalue weighted by atomic mass is 9.91. The topological polar surface area (TPSA) is 43.9 Å². The van der Waals surface area contributed by atoms with E-state index in [1.807, 2.05) is 49.1 Å². The van der Waals surface area contributed by atoms with Gasteiger partial charge in [0.25, 0.3) is 11.8 Å². The smallest absolute Gasteiger partial charge is 0.254 e. The molecule has 3 aromatic rings. The molecule has 0 unspecified atom stereocenters. The van der Waals surface area contributed by atoms with Gasteiger partial charge in [-0.25, -0.2) is 0 Å². The zero-order valence-electron chi connectivity index (χ0n) is 23.4. The van der Waals surface area contributed by atoms with Gasteiger partial charge in [-0.3, -0.25) is 14.5 Å². The molecular formula is C34H41N3O2. The van der Waals surface area contributed by atoms with E-state index in [1.165, 1.54) is 5.56 Å². The van der Waals surface area contributed by atoms with Gasteiger partial charge in [-0.15, -0.1) is 0 Å². The minimum Gasteiger partial charge on any atom is -0.339 e. The van der Waals surface area contributed by atoms with Crippen LogP contribution in [0.2, 0.25) is 0 Å². The van der Waals surface area contributed by atoms with Crippen molar-refractivity contribution >= 4 is 11.8 Å². The van der Waals surface area contributed by atoms with E-state index < -0.39 is 0 Å². The Morgan fingerprint density at radius 2 is 1.46 bits per heavy atom. The largest absolute Gasteiger partial charge is 0.339 e. The predicted molar refractivity (Wildman–Crippen MR) is 158 cm³/mol. The summed E-state index contributed by atoms with van der Waals surface area (Å²) in [5.74, 6) is 0.312. The number of rotatable bonds is 5. The van der Waals surface area contributed by atoms with Gasteiger partial charge in [0, 0.05) is 56.4 Å². The highest BCUT2D eigenvalue weighted by Crippen LogP contribution is 2.30. The molecule has 0 bridgehead atoms. The van der Waals surface area contributed by atoms with Crippen molar-refractivity contribution in [2.45, 2.75) is 58.5 Å². The fourth-order valence-electron chi connectivity index (χ4n) is 6.17. The van der Waals surface area contributed by atoms with Crippen molar-refractivity contribution < 1.29 is 9.59 Å². The van der Waals surface area contributed by atoms with E-state index in [-0.39, 0.29) is 11.8 Å². The molecule has 3 heterocycles. The number of likely N-dealkylation sites (tertiary alicyclic amines) is 2. The molecule has 0 saturated carbocycles. The molecular weight excluding hydrogens is 482 g/mol. The summed E-state index contributed by atoms with van der Waals surface area (Å²) in [7, 11) is 0. The molecule has 6 rings (SSSR count). The van der Waals surface area contributed by atoms with Gasteiger partial charge in [0.2, 0.25) is 0 Å². The SMILES string of the molecule is CC.O=C(c1ccc(-c2ccc3c(c2)CCN(C2CCN(Cc4ccccc4)CC2)C3=O)cc1)N1CCCC1. The average molecular weight is 524 g/mol. The molecule has 5 heteroatoms. The monoisotopic (exact) mass is 523 g/mol. The van der Waals surface area contributed by atoms with Crippen LogP contribution in [0.15, 0.2) is 72.8 Å². The molecule has 0 aliphatic carbocycles. The minimum absolute atomic E-state index is 0.131. The second-order valence-electron chi connectivity index (χ2n) is 10.7. The molecule has 0 aromatic heterocycles. The Morgan fingerprint density at radius 1 is 0.795 bits per heavy atom. The van der Waals surface area contributed by atoms with Crippen LogP contribution in [0.1, 0.15) is 71.4 Å². The first-order valence-corrected chi connectivity index (χ1v) is 14.8. The molecule has 3 aromatic carbocycles. The zero-order valence-corrected chi connectivity index (χ0v) is 23.4. The second-order valence-corrected chi connectivity index (χ2v) is 10.7. The van der Waals surface area contributed by atoms with Crippen LogP contribution in [0.25, 0.3) is 11.1 Å². The van der Waals surface area contributed by atoms with Gasteiger partial charge in [-0.05, 0) is 72.6 Å². The highest BCUT2D eigenvalue weighted by molar-refractivity contribution is 5.98. The normalized spacial score (nSPS) is 17.9. The lowest BCUT2D eigenvalue weighted by Gasteiger charge is -2.40. The van der Waals surface area contributed by atoms with Crippen LogP contribution in [0.4, 0.5) is 0 Å². The number of fused-ring (bicyclic) bond motifs is 1. The van der Waals surface area contributed by atoms with Crippen LogP contribution < -0.4 is 0 Å². The van der Waals surface area contributed by atoms with E-state index in [4.69, 9.17) is 0 Å². The van der Waals surface area contributed by atoms with Crippen molar-refractivity contribution in [1.82, 2.24) is 14.7 Å². The van der Waals surface area contributed by atoms with Crippen LogP contribution >= 0.6 is 0 Å². The summed E-state index contributed by atoms with van der Waals surface area (Å²) in [6.45, 7) is 9.58. The first-order chi connectivity index (χ1) is 19.2. The van der Waals surface area contributed by atoms with Crippen molar-refractivity contribution in [3.8, 4) is 11.1 Å². The highest BCUT2D eigenvalue weighted by Gasteiger charge is 2.32.